The van der Waals surface area contributed by atoms with Crippen LogP contribution < -0.4 is 0 Å². The van der Waals surface area contributed by atoms with E-state index in [1.165, 1.54) is 12.6 Å². The van der Waals surface area contributed by atoms with Crippen molar-refractivity contribution in [3.63, 3.8) is 0 Å². The van der Waals surface area contributed by atoms with Crippen molar-refractivity contribution in [3.05, 3.63) is 35.8 Å². The summed E-state index contributed by atoms with van der Waals surface area (Å²) in [6.45, 7) is 2.80. The molecule has 1 aromatic heterocycles. The second kappa shape index (κ2) is 4.25. The molecule has 1 saturated heterocycles. The second-order valence-corrected chi connectivity index (χ2v) is 4.26. The molecule has 1 aromatic carbocycles. The molecule has 4 nitrogen and oxygen atoms in total. The maximum atomic E-state index is 14.2. The average molecular weight is 232 g/mol. The standard InChI is InChI=1S/C12H13FN4/c13-12-9(8-17-5-2-6-17)3-1-4-10(12)11-7-14-16-15-11/h1,3-4,7H,2,5-6,8H2,(H,14,15,16). The second-order valence-electron chi connectivity index (χ2n) is 4.26. The van der Waals surface area contributed by atoms with Gasteiger partial charge < -0.3 is 0 Å². The van der Waals surface area contributed by atoms with Crippen molar-refractivity contribution in [2.75, 3.05) is 13.1 Å². The molecule has 2 aromatic rings. The van der Waals surface area contributed by atoms with Gasteiger partial charge in [0.05, 0.1) is 6.20 Å². The van der Waals surface area contributed by atoms with Crippen molar-refractivity contribution < 1.29 is 4.39 Å². The van der Waals surface area contributed by atoms with Crippen molar-refractivity contribution in [2.24, 2.45) is 0 Å². The number of likely N-dealkylation sites (tertiary alicyclic amines) is 1. The first kappa shape index (κ1) is 10.4. The molecule has 0 aliphatic carbocycles. The minimum atomic E-state index is -0.187. The van der Waals surface area contributed by atoms with Gasteiger partial charge in [-0.1, -0.05) is 12.1 Å². The molecule has 3 rings (SSSR count). The Balaban J connectivity index is 1.92. The minimum absolute atomic E-state index is 0.187. The van der Waals surface area contributed by atoms with Crippen LogP contribution in [0.1, 0.15) is 12.0 Å². The largest absolute Gasteiger partial charge is 0.299 e. The Labute approximate surface area is 98.5 Å². The van der Waals surface area contributed by atoms with Gasteiger partial charge in [0.25, 0.3) is 0 Å². The Bertz CT molecular complexity index is 505. The zero-order valence-corrected chi connectivity index (χ0v) is 9.36. The van der Waals surface area contributed by atoms with E-state index < -0.39 is 0 Å². The summed E-state index contributed by atoms with van der Waals surface area (Å²) in [4.78, 5) is 2.23. The van der Waals surface area contributed by atoms with E-state index in [1.54, 1.807) is 6.07 Å². The van der Waals surface area contributed by atoms with Crippen LogP contribution in [0, 0.1) is 5.82 Å². The number of nitrogens with one attached hydrogen (secondary N) is 1. The number of halogens is 1. The van der Waals surface area contributed by atoms with E-state index in [1.807, 2.05) is 12.1 Å². The molecule has 1 N–H and O–H groups in total. The smallest absolute Gasteiger partial charge is 0.137 e. The van der Waals surface area contributed by atoms with Gasteiger partial charge in [0, 0.05) is 17.7 Å². The molecule has 88 valence electrons. The van der Waals surface area contributed by atoms with E-state index in [4.69, 9.17) is 0 Å². The molecule has 0 atom stereocenters. The van der Waals surface area contributed by atoms with Crippen LogP contribution in [0.15, 0.2) is 24.4 Å². The van der Waals surface area contributed by atoms with Crippen LogP contribution in [0.3, 0.4) is 0 Å². The topological polar surface area (TPSA) is 44.8 Å². The highest BCUT2D eigenvalue weighted by atomic mass is 19.1. The van der Waals surface area contributed by atoms with Gasteiger partial charge in [0.15, 0.2) is 0 Å². The lowest BCUT2D eigenvalue weighted by molar-refractivity contribution is 0.170. The van der Waals surface area contributed by atoms with Crippen LogP contribution in [0.4, 0.5) is 4.39 Å². The molecule has 0 radical (unpaired) electrons. The van der Waals surface area contributed by atoms with Crippen molar-refractivity contribution in [1.29, 1.82) is 0 Å². The van der Waals surface area contributed by atoms with Crippen molar-refractivity contribution in [3.8, 4) is 11.3 Å². The molecule has 2 heterocycles. The zero-order valence-electron chi connectivity index (χ0n) is 9.36. The van der Waals surface area contributed by atoms with Crippen molar-refractivity contribution >= 4 is 0 Å². The molecule has 0 bridgehead atoms. The van der Waals surface area contributed by atoms with E-state index in [0.717, 1.165) is 18.7 Å². The predicted octanol–water partition coefficient (Wildman–Crippen LogP) is 1.82. The van der Waals surface area contributed by atoms with Crippen LogP contribution in [-0.2, 0) is 6.54 Å². The summed E-state index contributed by atoms with van der Waals surface area (Å²) in [5.41, 5.74) is 1.79. The van der Waals surface area contributed by atoms with E-state index in [2.05, 4.69) is 20.3 Å². The quantitative estimate of drug-likeness (QED) is 0.877. The summed E-state index contributed by atoms with van der Waals surface area (Å²) in [5.74, 6) is -0.187. The minimum Gasteiger partial charge on any atom is -0.299 e. The Kier molecular flexibility index (Phi) is 2.60. The number of rotatable bonds is 3. The number of H-pyrrole nitrogens is 1. The lowest BCUT2D eigenvalue weighted by Crippen LogP contribution is -2.36. The Hall–Kier alpha value is -1.75. The summed E-state index contributed by atoms with van der Waals surface area (Å²) in [6, 6.07) is 5.42. The Morgan fingerprint density at radius 2 is 2.24 bits per heavy atom. The highest BCUT2D eigenvalue weighted by Crippen LogP contribution is 2.24. The molecule has 5 heteroatoms. The summed E-state index contributed by atoms with van der Waals surface area (Å²) >= 11 is 0. The molecule has 0 amide bonds. The number of nitrogens with zero attached hydrogens (tertiary/aromatic N) is 3. The van der Waals surface area contributed by atoms with Gasteiger partial charge in [-0.25, -0.2) is 4.39 Å². The molecule has 0 unspecified atom stereocenters. The normalized spacial score (nSPS) is 15.8. The van der Waals surface area contributed by atoms with E-state index in [0.29, 0.717) is 17.8 Å². The fourth-order valence-corrected chi connectivity index (χ4v) is 2.01. The SMILES string of the molecule is Fc1c(CN2CCC2)cccc1-c1cn[nH]n1. The Morgan fingerprint density at radius 1 is 1.35 bits per heavy atom. The molecular formula is C12H13FN4. The summed E-state index contributed by atoms with van der Waals surface area (Å²) in [7, 11) is 0. The van der Waals surface area contributed by atoms with Crippen LogP contribution in [-0.4, -0.2) is 33.4 Å². The summed E-state index contributed by atoms with van der Waals surface area (Å²) in [6.07, 6.45) is 2.75. The van der Waals surface area contributed by atoms with Gasteiger partial charge >= 0.3 is 0 Å². The van der Waals surface area contributed by atoms with Crippen LogP contribution in [0.2, 0.25) is 0 Å². The molecule has 1 aliphatic rings. The first-order chi connectivity index (χ1) is 8.34. The average Bonchev–Trinajstić information content (AvgIpc) is 2.78. The van der Waals surface area contributed by atoms with Crippen molar-refractivity contribution in [1.82, 2.24) is 20.3 Å². The van der Waals surface area contributed by atoms with Gasteiger partial charge in [-0.2, -0.15) is 15.4 Å². The molecule has 0 spiro atoms. The highest BCUT2D eigenvalue weighted by Gasteiger charge is 2.18. The number of aromatic nitrogens is 3. The first-order valence-corrected chi connectivity index (χ1v) is 5.70. The number of benzene rings is 1. The highest BCUT2D eigenvalue weighted by molar-refractivity contribution is 5.59. The van der Waals surface area contributed by atoms with Gasteiger partial charge in [0.2, 0.25) is 0 Å². The van der Waals surface area contributed by atoms with Crippen LogP contribution in [0.25, 0.3) is 11.3 Å². The lowest BCUT2D eigenvalue weighted by Gasteiger charge is -2.30. The lowest BCUT2D eigenvalue weighted by atomic mass is 10.1. The third-order valence-electron chi connectivity index (χ3n) is 3.11. The maximum absolute atomic E-state index is 14.2. The van der Waals surface area contributed by atoms with E-state index >= 15 is 0 Å². The van der Waals surface area contributed by atoms with Gasteiger partial charge in [-0.05, 0) is 25.6 Å². The van der Waals surface area contributed by atoms with Crippen molar-refractivity contribution in [2.45, 2.75) is 13.0 Å². The molecule has 17 heavy (non-hydrogen) atoms. The first-order valence-electron chi connectivity index (χ1n) is 5.70. The molecule has 1 fully saturated rings. The summed E-state index contributed by atoms with van der Waals surface area (Å²) < 4.78 is 14.2. The number of aromatic amines is 1. The van der Waals surface area contributed by atoms with E-state index in [9.17, 15) is 4.39 Å². The predicted molar refractivity (Wildman–Crippen MR) is 61.7 cm³/mol. The van der Waals surface area contributed by atoms with E-state index in [-0.39, 0.29) is 5.82 Å². The van der Waals surface area contributed by atoms with Crippen LogP contribution in [0.5, 0.6) is 0 Å². The van der Waals surface area contributed by atoms with Crippen LogP contribution >= 0.6 is 0 Å². The number of hydrogen-bond acceptors (Lipinski definition) is 3. The molecule has 0 saturated carbocycles. The Morgan fingerprint density at radius 3 is 2.88 bits per heavy atom. The monoisotopic (exact) mass is 232 g/mol. The summed E-state index contributed by atoms with van der Waals surface area (Å²) in [5, 5.41) is 10.1. The third-order valence-corrected chi connectivity index (χ3v) is 3.11. The third kappa shape index (κ3) is 1.93. The fraction of sp³-hybridized carbons (Fsp3) is 0.333. The fourth-order valence-electron chi connectivity index (χ4n) is 2.01. The maximum Gasteiger partial charge on any atom is 0.137 e. The molecule has 1 aliphatic heterocycles. The van der Waals surface area contributed by atoms with Gasteiger partial charge in [-0.3, -0.25) is 4.90 Å². The number of hydrogen-bond donors (Lipinski definition) is 1. The van der Waals surface area contributed by atoms with Gasteiger partial charge in [0.1, 0.15) is 11.5 Å². The van der Waals surface area contributed by atoms with Gasteiger partial charge in [-0.15, -0.1) is 0 Å². The molecular weight excluding hydrogens is 219 g/mol. The zero-order chi connectivity index (χ0) is 11.7.